The molecule has 3 heteroatoms. The van der Waals surface area contributed by atoms with Crippen molar-refractivity contribution < 1.29 is 31.3 Å². The van der Waals surface area contributed by atoms with Gasteiger partial charge in [0, 0.05) is 0 Å². The zero-order valence-electron chi connectivity index (χ0n) is 10.6. The number of rotatable bonds is 0. The summed E-state index contributed by atoms with van der Waals surface area (Å²) in [6, 6.07) is 8.71. The van der Waals surface area contributed by atoms with Crippen LogP contribution in [0.2, 0.25) is 0 Å². The van der Waals surface area contributed by atoms with Crippen LogP contribution < -0.4 is 0 Å². The SMILES string of the molecule is Cl.Oc1ccccc1.[C-]1=CC=CC1.[C-]1=CC=CC1.[Zr+2]. The molecule has 3 rings (SSSR count). The van der Waals surface area contributed by atoms with Crippen LogP contribution in [0.1, 0.15) is 12.8 Å². The Balaban J connectivity index is 0. The molecule has 0 saturated carbocycles. The van der Waals surface area contributed by atoms with Gasteiger partial charge in [-0.3, -0.25) is 12.2 Å². The van der Waals surface area contributed by atoms with Crippen molar-refractivity contribution >= 4 is 12.4 Å². The normalized spacial score (nSPS) is 12.4. The number of phenols is 1. The van der Waals surface area contributed by atoms with Gasteiger partial charge in [-0.25, -0.2) is 24.3 Å². The van der Waals surface area contributed by atoms with E-state index in [2.05, 4.69) is 24.3 Å². The van der Waals surface area contributed by atoms with Crippen LogP contribution in [-0.4, -0.2) is 5.11 Å². The van der Waals surface area contributed by atoms with Gasteiger partial charge in [0.05, 0.1) is 0 Å². The van der Waals surface area contributed by atoms with Gasteiger partial charge in [-0.15, -0.1) is 25.2 Å². The second kappa shape index (κ2) is 15.2. The molecule has 0 saturated heterocycles. The molecule has 0 aromatic heterocycles. The van der Waals surface area contributed by atoms with Crippen LogP contribution in [0.4, 0.5) is 0 Å². The summed E-state index contributed by atoms with van der Waals surface area (Å²) < 4.78 is 0. The summed E-state index contributed by atoms with van der Waals surface area (Å²) in [6.45, 7) is 0. The molecule has 19 heavy (non-hydrogen) atoms. The van der Waals surface area contributed by atoms with E-state index in [4.69, 9.17) is 5.11 Å². The molecule has 0 fully saturated rings. The monoisotopic (exact) mass is 350 g/mol. The first kappa shape index (κ1) is 20.5. The van der Waals surface area contributed by atoms with Crippen molar-refractivity contribution in [1.82, 2.24) is 0 Å². The summed E-state index contributed by atoms with van der Waals surface area (Å²) in [5.74, 6) is 0.322. The number of phenolic OH excluding ortho intramolecular Hbond substituents is 1. The number of allylic oxidation sites excluding steroid dienone is 8. The summed E-state index contributed by atoms with van der Waals surface area (Å²) in [5.41, 5.74) is 0. The Labute approximate surface area is 141 Å². The fraction of sp³-hybridized carbons (Fsp3) is 0.125. The number of hydrogen-bond donors (Lipinski definition) is 1. The maximum atomic E-state index is 8.63. The molecular weight excluding hydrogens is 335 g/mol. The fourth-order valence-corrected chi connectivity index (χ4v) is 1.11. The molecule has 0 unspecified atom stereocenters. The van der Waals surface area contributed by atoms with Crippen LogP contribution in [0.3, 0.4) is 0 Å². The minimum absolute atomic E-state index is 0. The van der Waals surface area contributed by atoms with Crippen LogP contribution in [-0.2, 0) is 26.2 Å². The van der Waals surface area contributed by atoms with Crippen molar-refractivity contribution in [2.24, 2.45) is 0 Å². The van der Waals surface area contributed by atoms with E-state index in [0.717, 1.165) is 12.8 Å². The molecule has 2 aliphatic carbocycles. The third-order valence-corrected chi connectivity index (χ3v) is 1.93. The average molecular weight is 352 g/mol. The zero-order chi connectivity index (χ0) is 12.2. The van der Waals surface area contributed by atoms with Crippen molar-refractivity contribution in [2.75, 3.05) is 0 Å². The van der Waals surface area contributed by atoms with Gasteiger partial charge in [0.1, 0.15) is 5.75 Å². The third-order valence-electron chi connectivity index (χ3n) is 1.93. The largest absolute Gasteiger partial charge is 2.00 e. The second-order valence-corrected chi connectivity index (χ2v) is 3.34. The smallest absolute Gasteiger partial charge is 0.508 e. The Hall–Kier alpha value is -0.847. The van der Waals surface area contributed by atoms with Gasteiger partial charge >= 0.3 is 26.2 Å². The Morgan fingerprint density at radius 1 is 0.842 bits per heavy atom. The molecule has 1 nitrogen and oxygen atoms in total. The summed E-state index contributed by atoms with van der Waals surface area (Å²) in [6.07, 6.45) is 20.0. The predicted octanol–water partition coefficient (Wildman–Crippen LogP) is 4.42. The van der Waals surface area contributed by atoms with Gasteiger partial charge in [-0.2, -0.15) is 12.2 Å². The molecule has 98 valence electrons. The minimum atomic E-state index is 0. The Morgan fingerprint density at radius 3 is 1.47 bits per heavy atom. The summed E-state index contributed by atoms with van der Waals surface area (Å²) in [4.78, 5) is 0. The van der Waals surface area contributed by atoms with E-state index < -0.39 is 0 Å². The maximum absolute atomic E-state index is 8.63. The van der Waals surface area contributed by atoms with Crippen molar-refractivity contribution in [3.8, 4) is 5.75 Å². The zero-order valence-corrected chi connectivity index (χ0v) is 13.9. The standard InChI is InChI=1S/C6H6O.2C5H5.ClH.Zr/c7-6-4-2-1-3-5-6;2*1-2-4-5-3-1;;/h1-5,7H;2*1-3H,4H2;1H;/q;2*-1;;+2. The molecule has 1 aromatic carbocycles. The Kier molecular flexibility index (Phi) is 16.4. The van der Waals surface area contributed by atoms with Crippen LogP contribution in [0.5, 0.6) is 5.75 Å². The average Bonchev–Trinajstić information content (AvgIpc) is 3.09. The van der Waals surface area contributed by atoms with E-state index in [9.17, 15) is 0 Å². The molecule has 0 radical (unpaired) electrons. The second-order valence-electron chi connectivity index (χ2n) is 3.34. The molecule has 0 aliphatic heterocycles. The maximum Gasteiger partial charge on any atom is 2.00 e. The fourth-order valence-electron chi connectivity index (χ4n) is 1.11. The Bertz CT molecular complexity index is 366. The van der Waals surface area contributed by atoms with Gasteiger partial charge in [-0.1, -0.05) is 18.2 Å². The summed E-state index contributed by atoms with van der Waals surface area (Å²) >= 11 is 0. The van der Waals surface area contributed by atoms with Crippen LogP contribution >= 0.6 is 12.4 Å². The van der Waals surface area contributed by atoms with E-state index >= 15 is 0 Å². The molecule has 1 N–H and O–H groups in total. The van der Waals surface area contributed by atoms with Crippen molar-refractivity contribution in [3.05, 3.63) is 78.9 Å². The van der Waals surface area contributed by atoms with E-state index in [0.29, 0.717) is 5.75 Å². The summed E-state index contributed by atoms with van der Waals surface area (Å²) in [5, 5.41) is 8.63. The number of halogens is 1. The van der Waals surface area contributed by atoms with Gasteiger partial charge in [0.15, 0.2) is 0 Å². The number of hydrogen-bond acceptors (Lipinski definition) is 1. The van der Waals surface area contributed by atoms with Gasteiger partial charge in [0.25, 0.3) is 0 Å². The quantitative estimate of drug-likeness (QED) is 0.686. The molecule has 0 bridgehead atoms. The van der Waals surface area contributed by atoms with Crippen LogP contribution in [0.15, 0.2) is 66.8 Å². The van der Waals surface area contributed by atoms with Gasteiger partial charge in [0.2, 0.25) is 0 Å². The number of benzene rings is 1. The first-order chi connectivity index (χ1) is 8.39. The first-order valence-electron chi connectivity index (χ1n) is 5.57. The molecule has 0 heterocycles. The van der Waals surface area contributed by atoms with Gasteiger partial charge < -0.3 is 5.11 Å². The van der Waals surface area contributed by atoms with Gasteiger partial charge in [-0.05, 0) is 12.1 Å². The van der Waals surface area contributed by atoms with Crippen molar-refractivity contribution in [2.45, 2.75) is 12.8 Å². The third kappa shape index (κ3) is 13.4. The number of para-hydroxylation sites is 1. The summed E-state index contributed by atoms with van der Waals surface area (Å²) in [7, 11) is 0. The van der Waals surface area contributed by atoms with E-state index in [1.165, 1.54) is 0 Å². The van der Waals surface area contributed by atoms with Crippen molar-refractivity contribution in [3.63, 3.8) is 0 Å². The Morgan fingerprint density at radius 2 is 1.32 bits per heavy atom. The molecular formula is C16H17ClOZr. The molecule has 2 aliphatic rings. The van der Waals surface area contributed by atoms with E-state index in [1.807, 2.05) is 30.4 Å². The molecule has 0 atom stereocenters. The molecule has 0 amide bonds. The van der Waals surface area contributed by atoms with E-state index in [-0.39, 0.29) is 38.6 Å². The first-order valence-corrected chi connectivity index (χ1v) is 5.57. The van der Waals surface area contributed by atoms with Crippen molar-refractivity contribution in [1.29, 1.82) is 0 Å². The topological polar surface area (TPSA) is 20.2 Å². The molecule has 0 spiro atoms. The predicted molar refractivity (Wildman–Crippen MR) is 78.5 cm³/mol. The number of aromatic hydroxyl groups is 1. The van der Waals surface area contributed by atoms with Crippen LogP contribution in [0.25, 0.3) is 0 Å². The van der Waals surface area contributed by atoms with Crippen LogP contribution in [0, 0.1) is 12.2 Å². The minimum Gasteiger partial charge on any atom is -0.508 e. The van der Waals surface area contributed by atoms with E-state index in [1.54, 1.807) is 24.3 Å². The molecule has 1 aromatic rings.